The number of halogens is 4. The van der Waals surface area contributed by atoms with E-state index < -0.39 is 35.7 Å². The van der Waals surface area contributed by atoms with Crippen molar-refractivity contribution in [2.75, 3.05) is 11.9 Å². The van der Waals surface area contributed by atoms with E-state index in [9.17, 15) is 27.2 Å². The second kappa shape index (κ2) is 7.10. The zero-order chi connectivity index (χ0) is 19.6. The highest BCUT2D eigenvalue weighted by Crippen LogP contribution is 2.34. The monoisotopic (exact) mass is 381 g/mol. The molecule has 0 saturated heterocycles. The maximum absolute atomic E-state index is 13.1. The highest BCUT2D eigenvalue weighted by molar-refractivity contribution is 5.92. The van der Waals surface area contributed by atoms with Gasteiger partial charge in [0.15, 0.2) is 6.61 Å². The SMILES string of the molecule is O=C(COc1ccc2c(C(F)(F)F)cc(=O)oc2c1)Nc1cccc(F)c1. The predicted molar refractivity (Wildman–Crippen MR) is 88.0 cm³/mol. The third kappa shape index (κ3) is 4.43. The average molecular weight is 381 g/mol. The van der Waals surface area contributed by atoms with E-state index in [2.05, 4.69) is 5.32 Å². The quantitative estimate of drug-likeness (QED) is 0.549. The lowest BCUT2D eigenvalue weighted by molar-refractivity contribution is -0.136. The molecule has 0 spiro atoms. The highest BCUT2D eigenvalue weighted by Gasteiger charge is 2.33. The topological polar surface area (TPSA) is 68.5 Å². The summed E-state index contributed by atoms with van der Waals surface area (Å²) in [6.07, 6.45) is -4.72. The van der Waals surface area contributed by atoms with Gasteiger partial charge in [-0.25, -0.2) is 9.18 Å². The molecule has 3 rings (SSSR count). The molecule has 140 valence electrons. The van der Waals surface area contributed by atoms with E-state index in [1.54, 1.807) is 0 Å². The summed E-state index contributed by atoms with van der Waals surface area (Å²) < 4.78 is 62.0. The summed E-state index contributed by atoms with van der Waals surface area (Å²) in [6, 6.07) is 8.97. The summed E-state index contributed by atoms with van der Waals surface area (Å²) in [7, 11) is 0. The fourth-order valence-corrected chi connectivity index (χ4v) is 2.38. The van der Waals surface area contributed by atoms with Gasteiger partial charge in [-0.05, 0) is 30.3 Å². The van der Waals surface area contributed by atoms with Crippen LogP contribution in [0.1, 0.15) is 5.56 Å². The number of hydrogen-bond donors (Lipinski definition) is 1. The fourth-order valence-electron chi connectivity index (χ4n) is 2.38. The molecule has 2 aromatic carbocycles. The zero-order valence-electron chi connectivity index (χ0n) is 13.5. The van der Waals surface area contributed by atoms with Gasteiger partial charge in [0.05, 0.1) is 5.56 Å². The van der Waals surface area contributed by atoms with Crippen LogP contribution >= 0.6 is 0 Å². The molecule has 0 aliphatic carbocycles. The van der Waals surface area contributed by atoms with Gasteiger partial charge >= 0.3 is 11.8 Å². The molecule has 27 heavy (non-hydrogen) atoms. The van der Waals surface area contributed by atoms with Crippen molar-refractivity contribution >= 4 is 22.6 Å². The molecule has 0 atom stereocenters. The Morgan fingerprint density at radius 2 is 1.89 bits per heavy atom. The Labute approximate surface area is 149 Å². The molecule has 1 aromatic heterocycles. The minimum absolute atomic E-state index is 0.0272. The number of hydrogen-bond acceptors (Lipinski definition) is 4. The van der Waals surface area contributed by atoms with E-state index in [-0.39, 0.29) is 22.4 Å². The van der Waals surface area contributed by atoms with Crippen LogP contribution in [0.4, 0.5) is 23.2 Å². The van der Waals surface area contributed by atoms with Crippen molar-refractivity contribution in [2.24, 2.45) is 0 Å². The van der Waals surface area contributed by atoms with E-state index in [1.807, 2.05) is 0 Å². The van der Waals surface area contributed by atoms with E-state index in [1.165, 1.54) is 24.3 Å². The Bertz CT molecular complexity index is 1060. The van der Waals surface area contributed by atoms with Gasteiger partial charge in [0.2, 0.25) is 0 Å². The summed E-state index contributed by atoms with van der Waals surface area (Å²) >= 11 is 0. The summed E-state index contributed by atoms with van der Waals surface area (Å²) in [5, 5.41) is 2.10. The highest BCUT2D eigenvalue weighted by atomic mass is 19.4. The Kier molecular flexibility index (Phi) is 4.85. The van der Waals surface area contributed by atoms with E-state index in [0.29, 0.717) is 6.07 Å². The van der Waals surface area contributed by atoms with Crippen molar-refractivity contribution in [2.45, 2.75) is 6.18 Å². The molecule has 0 unspecified atom stereocenters. The van der Waals surface area contributed by atoms with Crippen molar-refractivity contribution in [3.8, 4) is 5.75 Å². The number of nitrogens with one attached hydrogen (secondary N) is 1. The van der Waals surface area contributed by atoms with Crippen molar-refractivity contribution in [1.82, 2.24) is 0 Å². The first-order valence-electron chi connectivity index (χ1n) is 7.56. The third-order valence-electron chi connectivity index (χ3n) is 3.50. The molecule has 0 aliphatic rings. The van der Waals surface area contributed by atoms with Gasteiger partial charge in [0.25, 0.3) is 5.91 Å². The first-order chi connectivity index (χ1) is 12.7. The minimum atomic E-state index is -4.72. The van der Waals surface area contributed by atoms with Crippen LogP contribution in [0.3, 0.4) is 0 Å². The Morgan fingerprint density at radius 3 is 2.59 bits per heavy atom. The number of anilines is 1. The number of carbonyl (C=O) groups is 1. The number of amides is 1. The van der Waals surface area contributed by atoms with Gasteiger partial charge in [-0.2, -0.15) is 13.2 Å². The normalized spacial score (nSPS) is 11.4. The molecule has 0 saturated carbocycles. The molecular formula is C18H11F4NO4. The maximum Gasteiger partial charge on any atom is 0.417 e. The molecule has 3 aromatic rings. The molecule has 5 nitrogen and oxygen atoms in total. The standard InChI is InChI=1S/C18H11F4NO4/c19-10-2-1-3-11(6-10)23-16(24)9-26-12-4-5-13-14(18(20,21)22)8-17(25)27-15(13)7-12/h1-8H,9H2,(H,23,24). The van der Waals surface area contributed by atoms with Gasteiger partial charge in [-0.1, -0.05) is 6.07 Å². The van der Waals surface area contributed by atoms with Gasteiger partial charge in [0, 0.05) is 23.2 Å². The zero-order valence-corrected chi connectivity index (χ0v) is 13.5. The van der Waals surface area contributed by atoms with Gasteiger partial charge in [-0.15, -0.1) is 0 Å². The lowest BCUT2D eigenvalue weighted by atomic mass is 10.1. The molecular weight excluding hydrogens is 370 g/mol. The van der Waals surface area contributed by atoms with Crippen LogP contribution in [0.25, 0.3) is 11.0 Å². The molecule has 0 fully saturated rings. The second-order valence-corrected chi connectivity index (χ2v) is 5.48. The summed E-state index contributed by atoms with van der Waals surface area (Å²) in [6.45, 7) is -0.481. The average Bonchev–Trinajstić information content (AvgIpc) is 2.58. The number of benzene rings is 2. The molecule has 1 heterocycles. The van der Waals surface area contributed by atoms with E-state index in [4.69, 9.17) is 9.15 Å². The molecule has 9 heteroatoms. The minimum Gasteiger partial charge on any atom is -0.484 e. The fraction of sp³-hybridized carbons (Fsp3) is 0.111. The van der Waals surface area contributed by atoms with Crippen LogP contribution in [0, 0.1) is 5.82 Å². The number of carbonyl (C=O) groups excluding carboxylic acids is 1. The smallest absolute Gasteiger partial charge is 0.417 e. The molecule has 1 N–H and O–H groups in total. The number of alkyl halides is 3. The molecule has 0 bridgehead atoms. The van der Waals surface area contributed by atoms with Gasteiger partial charge in [0.1, 0.15) is 17.1 Å². The lowest BCUT2D eigenvalue weighted by Crippen LogP contribution is -2.20. The summed E-state index contributed by atoms with van der Waals surface area (Å²) in [5.74, 6) is -1.11. The first kappa shape index (κ1) is 18.4. The molecule has 0 aliphatic heterocycles. The molecule has 1 amide bonds. The van der Waals surface area contributed by atoms with Crippen LogP contribution in [-0.2, 0) is 11.0 Å². The second-order valence-electron chi connectivity index (χ2n) is 5.48. The van der Waals surface area contributed by atoms with Crippen LogP contribution in [-0.4, -0.2) is 12.5 Å². The molecule has 0 radical (unpaired) electrons. The number of ether oxygens (including phenoxy) is 1. The first-order valence-corrected chi connectivity index (χ1v) is 7.56. The Balaban J connectivity index is 1.76. The van der Waals surface area contributed by atoms with Gasteiger partial charge < -0.3 is 14.5 Å². The summed E-state index contributed by atoms with van der Waals surface area (Å²) in [4.78, 5) is 23.2. The van der Waals surface area contributed by atoms with E-state index >= 15 is 0 Å². The Hall–Kier alpha value is -3.36. The number of fused-ring (bicyclic) bond motifs is 1. The van der Waals surface area contributed by atoms with Gasteiger partial charge in [-0.3, -0.25) is 4.79 Å². The lowest BCUT2D eigenvalue weighted by Gasteiger charge is -2.11. The van der Waals surface area contributed by atoms with Crippen molar-refractivity contribution in [3.05, 3.63) is 70.3 Å². The number of rotatable bonds is 4. The van der Waals surface area contributed by atoms with Crippen LogP contribution in [0.5, 0.6) is 5.75 Å². The van der Waals surface area contributed by atoms with E-state index in [0.717, 1.165) is 18.2 Å². The van der Waals surface area contributed by atoms with Crippen molar-refractivity contribution in [3.63, 3.8) is 0 Å². The van der Waals surface area contributed by atoms with Crippen LogP contribution < -0.4 is 15.7 Å². The third-order valence-corrected chi connectivity index (χ3v) is 3.50. The summed E-state index contributed by atoms with van der Waals surface area (Å²) in [5.41, 5.74) is -2.37. The van der Waals surface area contributed by atoms with Crippen LogP contribution in [0.15, 0.2) is 57.7 Å². The Morgan fingerprint density at radius 1 is 1.11 bits per heavy atom. The maximum atomic E-state index is 13.1. The van der Waals surface area contributed by atoms with Crippen molar-refractivity contribution < 1.29 is 31.5 Å². The van der Waals surface area contributed by atoms with Crippen molar-refractivity contribution in [1.29, 1.82) is 0 Å². The largest absolute Gasteiger partial charge is 0.484 e. The van der Waals surface area contributed by atoms with Crippen LogP contribution in [0.2, 0.25) is 0 Å². The predicted octanol–water partition coefficient (Wildman–Crippen LogP) is 3.97.